The molecule has 4 aliphatic carbocycles. The molecule has 2 amide bonds. The molecular weight excluding hydrogens is 316 g/mol. The summed E-state index contributed by atoms with van der Waals surface area (Å²) in [6, 6.07) is 0.213. The summed E-state index contributed by atoms with van der Waals surface area (Å²) < 4.78 is 4.95. The third-order valence-corrected chi connectivity index (χ3v) is 7.17. The highest BCUT2D eigenvalue weighted by Crippen LogP contribution is 2.60. The first kappa shape index (κ1) is 17.3. The molecule has 5 nitrogen and oxygen atoms in total. The maximum absolute atomic E-state index is 13.3. The molecule has 4 bridgehead atoms. The van der Waals surface area contributed by atoms with Gasteiger partial charge in [0.05, 0.1) is 12.0 Å². The Morgan fingerprint density at radius 3 is 2.12 bits per heavy atom. The summed E-state index contributed by atoms with van der Waals surface area (Å²) in [5.41, 5.74) is -0.0245. The Morgan fingerprint density at radius 2 is 1.60 bits per heavy atom. The molecule has 1 aliphatic heterocycles. The minimum absolute atomic E-state index is 0.0245. The lowest BCUT2D eigenvalue weighted by molar-refractivity contribution is -0.158. The summed E-state index contributed by atoms with van der Waals surface area (Å²) >= 11 is 0. The molecule has 5 rings (SSSR count). The van der Waals surface area contributed by atoms with Gasteiger partial charge in [0.25, 0.3) is 0 Å². The number of hydrogen-bond donors (Lipinski definition) is 1. The number of methoxy groups -OCH3 is 1. The van der Waals surface area contributed by atoms with Crippen LogP contribution < -0.4 is 5.32 Å². The predicted octanol–water partition coefficient (Wildman–Crippen LogP) is 2.35. The van der Waals surface area contributed by atoms with E-state index < -0.39 is 0 Å². The molecule has 5 aliphatic rings. The third-order valence-electron chi connectivity index (χ3n) is 7.17. The molecule has 140 valence electrons. The van der Waals surface area contributed by atoms with E-state index in [9.17, 15) is 9.59 Å². The van der Waals surface area contributed by atoms with Crippen LogP contribution in [0.5, 0.6) is 0 Å². The van der Waals surface area contributed by atoms with Crippen LogP contribution in [0.25, 0.3) is 0 Å². The highest BCUT2D eigenvalue weighted by Gasteiger charge is 2.55. The van der Waals surface area contributed by atoms with Gasteiger partial charge in [-0.2, -0.15) is 0 Å². The summed E-state index contributed by atoms with van der Waals surface area (Å²) in [7, 11) is 1.61. The van der Waals surface area contributed by atoms with E-state index in [1.807, 2.05) is 0 Å². The summed E-state index contributed by atoms with van der Waals surface area (Å²) in [5, 5.41) is 3.09. The van der Waals surface area contributed by atoms with Crippen LogP contribution >= 0.6 is 0 Å². The molecule has 0 aromatic rings. The lowest BCUT2D eigenvalue weighted by Crippen LogP contribution is -2.56. The van der Waals surface area contributed by atoms with Crippen molar-refractivity contribution in [1.29, 1.82) is 0 Å². The SMILES string of the molecule is COCCC(=O)NC1CCN(C(=O)C23CC4CC(CC(C4)C2)C3)CC1. The van der Waals surface area contributed by atoms with Crippen molar-refractivity contribution in [2.45, 2.75) is 63.8 Å². The molecule has 1 heterocycles. The molecule has 5 fully saturated rings. The predicted molar refractivity (Wildman–Crippen MR) is 94.8 cm³/mol. The number of carbonyl (C=O) groups excluding carboxylic acids is 2. The second kappa shape index (κ2) is 6.90. The van der Waals surface area contributed by atoms with E-state index in [2.05, 4.69) is 10.2 Å². The molecule has 4 saturated carbocycles. The van der Waals surface area contributed by atoms with Gasteiger partial charge in [-0.05, 0) is 69.1 Å². The van der Waals surface area contributed by atoms with Crippen LogP contribution in [0.3, 0.4) is 0 Å². The molecular formula is C20H32N2O3. The van der Waals surface area contributed by atoms with Gasteiger partial charge in [0.2, 0.25) is 11.8 Å². The highest BCUT2D eigenvalue weighted by molar-refractivity contribution is 5.83. The van der Waals surface area contributed by atoms with Gasteiger partial charge in [0.15, 0.2) is 0 Å². The van der Waals surface area contributed by atoms with Crippen LogP contribution in [0.2, 0.25) is 0 Å². The van der Waals surface area contributed by atoms with Crippen molar-refractivity contribution in [3.63, 3.8) is 0 Å². The number of nitrogens with zero attached hydrogens (tertiary/aromatic N) is 1. The smallest absolute Gasteiger partial charge is 0.228 e. The average molecular weight is 348 g/mol. The molecule has 0 spiro atoms. The Kier molecular flexibility index (Phi) is 4.78. The van der Waals surface area contributed by atoms with E-state index in [0.717, 1.165) is 62.9 Å². The quantitative estimate of drug-likeness (QED) is 0.830. The lowest BCUT2D eigenvalue weighted by atomic mass is 9.49. The van der Waals surface area contributed by atoms with Gasteiger partial charge in [0.1, 0.15) is 0 Å². The minimum Gasteiger partial charge on any atom is -0.384 e. The number of amides is 2. The number of carbonyl (C=O) groups is 2. The Balaban J connectivity index is 1.31. The van der Waals surface area contributed by atoms with Gasteiger partial charge in [-0.15, -0.1) is 0 Å². The van der Waals surface area contributed by atoms with Gasteiger partial charge in [-0.1, -0.05) is 0 Å². The highest BCUT2D eigenvalue weighted by atomic mass is 16.5. The molecule has 1 saturated heterocycles. The molecule has 0 aromatic carbocycles. The van der Waals surface area contributed by atoms with Crippen molar-refractivity contribution in [2.24, 2.45) is 23.2 Å². The van der Waals surface area contributed by atoms with Crippen molar-refractivity contribution >= 4 is 11.8 Å². The molecule has 0 unspecified atom stereocenters. The summed E-state index contributed by atoms with van der Waals surface area (Å²) in [6.07, 6.45) is 9.76. The number of hydrogen-bond acceptors (Lipinski definition) is 3. The van der Waals surface area contributed by atoms with E-state index in [4.69, 9.17) is 4.74 Å². The molecule has 0 atom stereocenters. The average Bonchev–Trinajstić information content (AvgIpc) is 2.59. The maximum Gasteiger partial charge on any atom is 0.228 e. The fourth-order valence-electron chi connectivity index (χ4n) is 6.43. The number of likely N-dealkylation sites (tertiary alicyclic amines) is 1. The summed E-state index contributed by atoms with van der Waals surface area (Å²) in [4.78, 5) is 27.3. The first-order chi connectivity index (χ1) is 12.1. The fraction of sp³-hybridized carbons (Fsp3) is 0.900. The molecule has 25 heavy (non-hydrogen) atoms. The van der Waals surface area contributed by atoms with Gasteiger partial charge in [-0.25, -0.2) is 0 Å². The van der Waals surface area contributed by atoms with E-state index in [1.165, 1.54) is 19.3 Å². The van der Waals surface area contributed by atoms with E-state index >= 15 is 0 Å². The van der Waals surface area contributed by atoms with Gasteiger partial charge < -0.3 is 15.0 Å². The number of rotatable bonds is 5. The van der Waals surface area contributed by atoms with Crippen molar-refractivity contribution in [1.82, 2.24) is 10.2 Å². The molecule has 0 radical (unpaired) electrons. The van der Waals surface area contributed by atoms with E-state index in [-0.39, 0.29) is 17.4 Å². The number of ether oxygens (including phenoxy) is 1. The normalized spacial score (nSPS) is 37.3. The maximum atomic E-state index is 13.3. The van der Waals surface area contributed by atoms with Gasteiger partial charge in [-0.3, -0.25) is 9.59 Å². The Morgan fingerprint density at radius 1 is 1.04 bits per heavy atom. The lowest BCUT2D eigenvalue weighted by Gasteiger charge is -2.57. The van der Waals surface area contributed by atoms with Crippen molar-refractivity contribution in [3.8, 4) is 0 Å². The second-order valence-corrected chi connectivity index (χ2v) is 9.07. The van der Waals surface area contributed by atoms with E-state index in [0.29, 0.717) is 18.9 Å². The molecule has 5 heteroatoms. The molecule has 0 aromatic heterocycles. The summed E-state index contributed by atoms with van der Waals surface area (Å²) in [6.45, 7) is 2.07. The summed E-state index contributed by atoms with van der Waals surface area (Å²) in [5.74, 6) is 2.94. The Labute approximate surface area is 150 Å². The van der Waals surface area contributed by atoms with Crippen LogP contribution in [0, 0.1) is 23.2 Å². The zero-order valence-corrected chi connectivity index (χ0v) is 15.5. The zero-order chi connectivity index (χ0) is 17.4. The van der Waals surface area contributed by atoms with E-state index in [1.54, 1.807) is 7.11 Å². The standard InChI is InChI=1S/C20H32N2O3/c1-25-7-4-18(23)21-17-2-5-22(6-3-17)19(24)20-11-14-8-15(12-20)10-16(9-14)13-20/h14-17H,2-13H2,1H3,(H,21,23). The Hall–Kier alpha value is -1.10. The van der Waals surface area contributed by atoms with Crippen LogP contribution in [-0.4, -0.2) is 49.6 Å². The van der Waals surface area contributed by atoms with Crippen molar-refractivity contribution in [2.75, 3.05) is 26.8 Å². The van der Waals surface area contributed by atoms with Crippen LogP contribution in [0.15, 0.2) is 0 Å². The largest absolute Gasteiger partial charge is 0.384 e. The molecule has 1 N–H and O–H groups in total. The second-order valence-electron chi connectivity index (χ2n) is 9.07. The van der Waals surface area contributed by atoms with Crippen LogP contribution in [-0.2, 0) is 14.3 Å². The topological polar surface area (TPSA) is 58.6 Å². The first-order valence-electron chi connectivity index (χ1n) is 10.2. The van der Waals surface area contributed by atoms with Crippen LogP contribution in [0.1, 0.15) is 57.8 Å². The fourth-order valence-corrected chi connectivity index (χ4v) is 6.43. The van der Waals surface area contributed by atoms with Gasteiger partial charge >= 0.3 is 0 Å². The monoisotopic (exact) mass is 348 g/mol. The van der Waals surface area contributed by atoms with Gasteiger partial charge in [0, 0.05) is 32.7 Å². The zero-order valence-electron chi connectivity index (χ0n) is 15.5. The third kappa shape index (κ3) is 3.44. The van der Waals surface area contributed by atoms with Crippen molar-refractivity contribution < 1.29 is 14.3 Å². The van der Waals surface area contributed by atoms with Crippen LogP contribution in [0.4, 0.5) is 0 Å². The first-order valence-corrected chi connectivity index (χ1v) is 10.2. The van der Waals surface area contributed by atoms with Crippen molar-refractivity contribution in [3.05, 3.63) is 0 Å². The number of nitrogens with one attached hydrogen (secondary N) is 1. The minimum atomic E-state index is -0.0245. The Bertz CT molecular complexity index is 490. The number of piperidine rings is 1.